The van der Waals surface area contributed by atoms with Crippen LogP contribution in [0.2, 0.25) is 0 Å². The average Bonchev–Trinajstić information content (AvgIpc) is 2.48. The van der Waals surface area contributed by atoms with Gasteiger partial charge < -0.3 is 9.84 Å². The summed E-state index contributed by atoms with van der Waals surface area (Å²) in [5.74, 6) is 1.69. The van der Waals surface area contributed by atoms with E-state index < -0.39 is 0 Å². The van der Waals surface area contributed by atoms with Gasteiger partial charge in [0.1, 0.15) is 0 Å². The van der Waals surface area contributed by atoms with Crippen LogP contribution in [0.25, 0.3) is 0 Å². The summed E-state index contributed by atoms with van der Waals surface area (Å²) in [6, 6.07) is 6.07. The van der Waals surface area contributed by atoms with Gasteiger partial charge in [0.2, 0.25) is 0 Å². The molecule has 1 aromatic rings. The number of hydrogen-bond acceptors (Lipinski definition) is 3. The molecule has 2 rings (SSSR count). The van der Waals surface area contributed by atoms with Gasteiger partial charge in [0, 0.05) is 6.04 Å². The summed E-state index contributed by atoms with van der Waals surface area (Å²) in [4.78, 5) is 2.54. The minimum Gasteiger partial charge on any atom is -0.504 e. The van der Waals surface area contributed by atoms with Gasteiger partial charge in [-0.15, -0.1) is 0 Å². The highest BCUT2D eigenvalue weighted by molar-refractivity contribution is 5.42. The van der Waals surface area contributed by atoms with Crippen molar-refractivity contribution in [1.82, 2.24) is 4.90 Å². The first kappa shape index (κ1) is 15.2. The molecule has 1 aromatic carbocycles. The monoisotopic (exact) mass is 277 g/mol. The summed E-state index contributed by atoms with van der Waals surface area (Å²) >= 11 is 0. The Hall–Kier alpha value is -1.22. The molecule has 1 unspecified atom stereocenters. The van der Waals surface area contributed by atoms with E-state index in [1.54, 1.807) is 13.2 Å². The molecular weight excluding hydrogens is 250 g/mol. The maximum atomic E-state index is 9.68. The fourth-order valence-electron chi connectivity index (χ4n) is 3.20. The minimum atomic E-state index is 0.213. The number of phenolic OH excluding ortho intramolecular Hbond substituents is 1. The van der Waals surface area contributed by atoms with Gasteiger partial charge in [-0.1, -0.05) is 25.8 Å². The zero-order valence-electron chi connectivity index (χ0n) is 12.9. The standard InChI is InChI=1S/C17H27NO2/c1-4-5-14-8-10-18(11-9-14)13(2)15-6-7-16(19)17(12-15)20-3/h6-7,12-14,19H,4-5,8-11H2,1-3H3. The van der Waals surface area contributed by atoms with Crippen LogP contribution in [0.4, 0.5) is 0 Å². The van der Waals surface area contributed by atoms with Crippen molar-refractivity contribution in [2.24, 2.45) is 5.92 Å². The Morgan fingerprint density at radius 2 is 2.05 bits per heavy atom. The van der Waals surface area contributed by atoms with Crippen molar-refractivity contribution in [3.63, 3.8) is 0 Å². The largest absolute Gasteiger partial charge is 0.504 e. The summed E-state index contributed by atoms with van der Waals surface area (Å²) in [5.41, 5.74) is 1.22. The molecule has 1 aliphatic rings. The van der Waals surface area contributed by atoms with Gasteiger partial charge in [-0.2, -0.15) is 0 Å². The molecule has 1 heterocycles. The molecule has 0 bridgehead atoms. The van der Waals surface area contributed by atoms with Gasteiger partial charge in [-0.25, -0.2) is 0 Å². The van der Waals surface area contributed by atoms with E-state index in [1.165, 1.54) is 44.3 Å². The van der Waals surface area contributed by atoms with Crippen LogP contribution in [0.5, 0.6) is 11.5 Å². The lowest BCUT2D eigenvalue weighted by Crippen LogP contribution is -2.35. The highest BCUT2D eigenvalue weighted by Crippen LogP contribution is 2.33. The van der Waals surface area contributed by atoms with Gasteiger partial charge >= 0.3 is 0 Å². The lowest BCUT2D eigenvalue weighted by atomic mass is 9.91. The fourth-order valence-corrected chi connectivity index (χ4v) is 3.20. The number of hydrogen-bond donors (Lipinski definition) is 1. The predicted molar refractivity (Wildman–Crippen MR) is 82.3 cm³/mol. The first-order valence-electron chi connectivity index (χ1n) is 7.76. The molecule has 1 atom stereocenters. The van der Waals surface area contributed by atoms with Crippen LogP contribution < -0.4 is 4.74 Å². The molecule has 112 valence electrons. The van der Waals surface area contributed by atoms with Crippen LogP contribution in [0, 0.1) is 5.92 Å². The van der Waals surface area contributed by atoms with Crippen LogP contribution >= 0.6 is 0 Å². The van der Waals surface area contributed by atoms with Crippen molar-refractivity contribution in [3.05, 3.63) is 23.8 Å². The lowest BCUT2D eigenvalue weighted by molar-refractivity contribution is 0.137. The van der Waals surface area contributed by atoms with Crippen LogP contribution in [0.1, 0.15) is 51.1 Å². The molecule has 0 saturated carbocycles. The summed E-state index contributed by atoms with van der Waals surface area (Å²) < 4.78 is 5.20. The number of likely N-dealkylation sites (tertiary alicyclic amines) is 1. The van der Waals surface area contributed by atoms with E-state index in [4.69, 9.17) is 4.74 Å². The Kier molecular flexibility index (Phi) is 5.30. The number of methoxy groups -OCH3 is 1. The number of aromatic hydroxyl groups is 1. The minimum absolute atomic E-state index is 0.213. The van der Waals surface area contributed by atoms with Crippen molar-refractivity contribution < 1.29 is 9.84 Å². The second kappa shape index (κ2) is 6.98. The molecule has 1 aliphatic heterocycles. The average molecular weight is 277 g/mol. The van der Waals surface area contributed by atoms with Crippen molar-refractivity contribution in [2.75, 3.05) is 20.2 Å². The van der Waals surface area contributed by atoms with E-state index in [0.717, 1.165) is 5.92 Å². The SMILES string of the molecule is CCCC1CCN(C(C)c2ccc(O)c(OC)c2)CC1. The van der Waals surface area contributed by atoms with Crippen LogP contribution in [0.3, 0.4) is 0 Å². The Bertz CT molecular complexity index is 425. The molecule has 20 heavy (non-hydrogen) atoms. The molecule has 1 saturated heterocycles. The molecule has 0 radical (unpaired) electrons. The third-order valence-electron chi connectivity index (χ3n) is 4.58. The van der Waals surface area contributed by atoms with Crippen molar-refractivity contribution >= 4 is 0 Å². The van der Waals surface area contributed by atoms with Gasteiger partial charge in [-0.3, -0.25) is 4.90 Å². The molecule has 0 aliphatic carbocycles. The summed E-state index contributed by atoms with van der Waals surface area (Å²) in [5, 5.41) is 9.68. The molecule has 3 heteroatoms. The molecule has 0 amide bonds. The van der Waals surface area contributed by atoms with Gasteiger partial charge in [0.05, 0.1) is 7.11 Å². The number of benzene rings is 1. The summed E-state index contributed by atoms with van der Waals surface area (Å²) in [7, 11) is 1.60. The molecule has 1 fully saturated rings. The topological polar surface area (TPSA) is 32.7 Å². The Morgan fingerprint density at radius 3 is 2.65 bits per heavy atom. The van der Waals surface area contributed by atoms with Gasteiger partial charge in [0.25, 0.3) is 0 Å². The fraction of sp³-hybridized carbons (Fsp3) is 0.647. The molecule has 3 nitrogen and oxygen atoms in total. The zero-order chi connectivity index (χ0) is 14.5. The van der Waals surface area contributed by atoms with Gasteiger partial charge in [0.15, 0.2) is 11.5 Å². The second-order valence-electron chi connectivity index (χ2n) is 5.88. The van der Waals surface area contributed by atoms with Gasteiger partial charge in [-0.05, 0) is 56.5 Å². The van der Waals surface area contributed by atoms with E-state index in [9.17, 15) is 5.11 Å². The summed E-state index contributed by atoms with van der Waals surface area (Å²) in [6.07, 6.45) is 5.30. The van der Waals surface area contributed by atoms with Crippen molar-refractivity contribution in [1.29, 1.82) is 0 Å². The normalized spacial score (nSPS) is 18.9. The number of rotatable bonds is 5. The first-order valence-corrected chi connectivity index (χ1v) is 7.76. The van der Waals surface area contributed by atoms with E-state index in [2.05, 4.69) is 18.7 Å². The molecule has 1 N–H and O–H groups in total. The lowest BCUT2D eigenvalue weighted by Gasteiger charge is -2.36. The van der Waals surface area contributed by atoms with Crippen LogP contribution in [-0.2, 0) is 0 Å². The third-order valence-corrected chi connectivity index (χ3v) is 4.58. The Balaban J connectivity index is 1.99. The second-order valence-corrected chi connectivity index (χ2v) is 5.88. The maximum absolute atomic E-state index is 9.68. The highest BCUT2D eigenvalue weighted by Gasteiger charge is 2.23. The predicted octanol–water partition coefficient (Wildman–Crippen LogP) is 3.97. The van der Waals surface area contributed by atoms with E-state index >= 15 is 0 Å². The Morgan fingerprint density at radius 1 is 1.35 bits per heavy atom. The van der Waals surface area contributed by atoms with E-state index in [-0.39, 0.29) is 5.75 Å². The summed E-state index contributed by atoms with van der Waals surface area (Å²) in [6.45, 7) is 6.87. The highest BCUT2D eigenvalue weighted by atomic mass is 16.5. The van der Waals surface area contributed by atoms with Crippen LogP contribution in [-0.4, -0.2) is 30.2 Å². The Labute approximate surface area is 122 Å². The molecular formula is C17H27NO2. The van der Waals surface area contributed by atoms with Crippen molar-refractivity contribution in [3.8, 4) is 11.5 Å². The molecule has 0 aromatic heterocycles. The first-order chi connectivity index (χ1) is 9.65. The number of ether oxygens (including phenoxy) is 1. The number of piperidine rings is 1. The molecule has 0 spiro atoms. The quantitative estimate of drug-likeness (QED) is 0.884. The van der Waals surface area contributed by atoms with E-state index in [1.807, 2.05) is 12.1 Å². The van der Waals surface area contributed by atoms with Crippen LogP contribution in [0.15, 0.2) is 18.2 Å². The van der Waals surface area contributed by atoms with E-state index in [0.29, 0.717) is 11.8 Å². The number of nitrogens with zero attached hydrogens (tertiary/aromatic N) is 1. The van der Waals surface area contributed by atoms with Crippen molar-refractivity contribution in [2.45, 2.75) is 45.6 Å². The third kappa shape index (κ3) is 3.45. The number of phenols is 1. The smallest absolute Gasteiger partial charge is 0.160 e. The zero-order valence-corrected chi connectivity index (χ0v) is 12.9. The maximum Gasteiger partial charge on any atom is 0.160 e.